The highest BCUT2D eigenvalue weighted by Gasteiger charge is 2.26. The molecule has 0 saturated heterocycles. The molecule has 1 unspecified atom stereocenters. The number of nitrogens with one attached hydrogen (secondary N) is 1. The second-order valence-electron chi connectivity index (χ2n) is 4.48. The van der Waals surface area contributed by atoms with E-state index >= 15 is 0 Å². The van der Waals surface area contributed by atoms with Gasteiger partial charge in [-0.15, -0.1) is 0 Å². The summed E-state index contributed by atoms with van der Waals surface area (Å²) in [6.07, 6.45) is 6.46. The van der Waals surface area contributed by atoms with Gasteiger partial charge in [-0.05, 0) is 37.4 Å². The van der Waals surface area contributed by atoms with Crippen LogP contribution < -0.4 is 5.32 Å². The molecule has 0 amide bonds. The van der Waals surface area contributed by atoms with Crippen molar-refractivity contribution < 1.29 is 4.39 Å². The van der Waals surface area contributed by atoms with Crippen molar-refractivity contribution in [1.82, 2.24) is 10.3 Å². The van der Waals surface area contributed by atoms with Crippen LogP contribution in [0.25, 0.3) is 0 Å². The third-order valence-electron chi connectivity index (χ3n) is 3.36. The smallest absolute Gasteiger partial charge is 0.141 e. The van der Waals surface area contributed by atoms with E-state index in [1.165, 1.54) is 37.9 Å². The molecule has 1 aliphatic carbocycles. The van der Waals surface area contributed by atoms with E-state index in [-0.39, 0.29) is 5.82 Å². The van der Waals surface area contributed by atoms with Crippen molar-refractivity contribution in [2.45, 2.75) is 38.6 Å². The fourth-order valence-corrected chi connectivity index (χ4v) is 2.59. The Hall–Kier alpha value is -0.960. The molecule has 1 aliphatic rings. The second-order valence-corrected chi connectivity index (χ2v) is 4.48. The fraction of sp³-hybridized carbons (Fsp3) is 0.615. The van der Waals surface area contributed by atoms with Crippen LogP contribution in [0.1, 0.15) is 44.3 Å². The first kappa shape index (κ1) is 11.5. The van der Waals surface area contributed by atoms with Crippen LogP contribution in [-0.2, 0) is 0 Å². The lowest BCUT2D eigenvalue weighted by Crippen LogP contribution is -2.27. The molecule has 0 aliphatic heterocycles. The third-order valence-corrected chi connectivity index (χ3v) is 3.36. The summed E-state index contributed by atoms with van der Waals surface area (Å²) in [5, 5.41) is 3.48. The number of nitrogens with zero attached hydrogens (tertiary/aromatic N) is 1. The number of hydrogen-bond donors (Lipinski definition) is 1. The summed E-state index contributed by atoms with van der Waals surface area (Å²) in [6.45, 7) is 3.03. The summed E-state index contributed by atoms with van der Waals surface area (Å²) in [7, 11) is 0. The molecule has 0 bridgehead atoms. The molecule has 1 fully saturated rings. The number of halogens is 1. The molecular formula is C13H19FN2. The van der Waals surface area contributed by atoms with E-state index in [1.807, 2.05) is 0 Å². The van der Waals surface area contributed by atoms with E-state index < -0.39 is 0 Å². The van der Waals surface area contributed by atoms with Crippen molar-refractivity contribution in [3.05, 3.63) is 29.8 Å². The monoisotopic (exact) mass is 222 g/mol. The minimum absolute atomic E-state index is 0.259. The standard InChI is InChI=1S/C13H19FN2/c1-2-15-13(10-5-3-4-6-10)12-8-7-11(14)9-16-12/h7-10,13,15H,2-6H2,1H3. The highest BCUT2D eigenvalue weighted by Crippen LogP contribution is 2.34. The van der Waals surface area contributed by atoms with Gasteiger partial charge in [-0.25, -0.2) is 4.39 Å². The molecule has 1 aromatic heterocycles. The zero-order chi connectivity index (χ0) is 11.4. The number of hydrogen-bond acceptors (Lipinski definition) is 2. The van der Waals surface area contributed by atoms with Gasteiger partial charge in [0, 0.05) is 0 Å². The SMILES string of the molecule is CCNC(c1ccc(F)cn1)C1CCCC1. The van der Waals surface area contributed by atoms with E-state index in [9.17, 15) is 4.39 Å². The summed E-state index contributed by atoms with van der Waals surface area (Å²) >= 11 is 0. The van der Waals surface area contributed by atoms with E-state index in [1.54, 1.807) is 6.07 Å². The van der Waals surface area contributed by atoms with Crippen molar-refractivity contribution >= 4 is 0 Å². The molecule has 0 aromatic carbocycles. The number of rotatable bonds is 4. The Morgan fingerprint density at radius 2 is 2.19 bits per heavy atom. The van der Waals surface area contributed by atoms with Gasteiger partial charge in [0.15, 0.2) is 0 Å². The summed E-state index contributed by atoms with van der Waals surface area (Å²) in [6, 6.07) is 3.61. The van der Waals surface area contributed by atoms with Crippen LogP contribution in [0.5, 0.6) is 0 Å². The third kappa shape index (κ3) is 2.59. The Kier molecular flexibility index (Phi) is 3.88. The van der Waals surface area contributed by atoms with Crippen LogP contribution >= 0.6 is 0 Å². The van der Waals surface area contributed by atoms with Gasteiger partial charge >= 0.3 is 0 Å². The van der Waals surface area contributed by atoms with Crippen LogP contribution in [0.15, 0.2) is 18.3 Å². The Morgan fingerprint density at radius 3 is 2.75 bits per heavy atom. The first-order valence-electron chi connectivity index (χ1n) is 6.16. The van der Waals surface area contributed by atoms with E-state index in [0.29, 0.717) is 12.0 Å². The van der Waals surface area contributed by atoms with Gasteiger partial charge in [0.1, 0.15) is 5.82 Å². The molecule has 88 valence electrons. The van der Waals surface area contributed by atoms with Gasteiger partial charge < -0.3 is 5.32 Å². The molecule has 1 heterocycles. The average Bonchev–Trinajstić information content (AvgIpc) is 2.81. The summed E-state index contributed by atoms with van der Waals surface area (Å²) in [4.78, 5) is 4.20. The Balaban J connectivity index is 2.14. The summed E-state index contributed by atoms with van der Waals surface area (Å²) in [5.74, 6) is 0.406. The van der Waals surface area contributed by atoms with Crippen molar-refractivity contribution in [2.24, 2.45) is 5.92 Å². The molecule has 1 aromatic rings. The van der Waals surface area contributed by atoms with E-state index in [4.69, 9.17) is 0 Å². The maximum absolute atomic E-state index is 12.8. The molecule has 0 spiro atoms. The van der Waals surface area contributed by atoms with Crippen molar-refractivity contribution in [3.8, 4) is 0 Å². The zero-order valence-corrected chi connectivity index (χ0v) is 9.75. The summed E-state index contributed by atoms with van der Waals surface area (Å²) < 4.78 is 12.8. The lowest BCUT2D eigenvalue weighted by Gasteiger charge is -2.23. The maximum atomic E-state index is 12.8. The topological polar surface area (TPSA) is 24.9 Å². The Labute approximate surface area is 96.3 Å². The highest BCUT2D eigenvalue weighted by molar-refractivity contribution is 5.11. The van der Waals surface area contributed by atoms with Crippen molar-refractivity contribution in [1.29, 1.82) is 0 Å². The minimum Gasteiger partial charge on any atom is -0.309 e. The fourth-order valence-electron chi connectivity index (χ4n) is 2.59. The van der Waals surface area contributed by atoms with Crippen LogP contribution in [0.3, 0.4) is 0 Å². The lowest BCUT2D eigenvalue weighted by molar-refractivity contribution is 0.366. The number of aromatic nitrogens is 1. The zero-order valence-electron chi connectivity index (χ0n) is 9.75. The molecule has 2 rings (SSSR count). The molecule has 3 heteroatoms. The van der Waals surface area contributed by atoms with Gasteiger partial charge in [-0.3, -0.25) is 4.98 Å². The summed E-state index contributed by atoms with van der Waals surface area (Å²) in [5.41, 5.74) is 0.982. The average molecular weight is 222 g/mol. The van der Waals surface area contributed by atoms with Crippen LogP contribution in [-0.4, -0.2) is 11.5 Å². The molecule has 1 N–H and O–H groups in total. The van der Waals surface area contributed by atoms with Gasteiger partial charge in [0.2, 0.25) is 0 Å². The lowest BCUT2D eigenvalue weighted by atomic mass is 9.95. The normalized spacial score (nSPS) is 18.9. The Morgan fingerprint density at radius 1 is 1.44 bits per heavy atom. The molecule has 0 radical (unpaired) electrons. The van der Waals surface area contributed by atoms with Crippen molar-refractivity contribution in [3.63, 3.8) is 0 Å². The van der Waals surface area contributed by atoms with Crippen molar-refractivity contribution in [2.75, 3.05) is 6.54 Å². The largest absolute Gasteiger partial charge is 0.309 e. The predicted octanol–water partition coefficient (Wildman–Crippen LogP) is 3.06. The van der Waals surface area contributed by atoms with Gasteiger partial charge in [-0.2, -0.15) is 0 Å². The second kappa shape index (κ2) is 5.39. The first-order valence-corrected chi connectivity index (χ1v) is 6.16. The molecule has 1 saturated carbocycles. The van der Waals surface area contributed by atoms with E-state index in [0.717, 1.165) is 12.2 Å². The minimum atomic E-state index is -0.259. The molecule has 16 heavy (non-hydrogen) atoms. The predicted molar refractivity (Wildman–Crippen MR) is 62.6 cm³/mol. The van der Waals surface area contributed by atoms with E-state index in [2.05, 4.69) is 17.2 Å². The van der Waals surface area contributed by atoms with Gasteiger partial charge in [-0.1, -0.05) is 19.8 Å². The highest BCUT2D eigenvalue weighted by atomic mass is 19.1. The molecular weight excluding hydrogens is 203 g/mol. The van der Waals surface area contributed by atoms with Crippen LogP contribution in [0.2, 0.25) is 0 Å². The van der Waals surface area contributed by atoms with Gasteiger partial charge in [0.05, 0.1) is 17.9 Å². The van der Waals surface area contributed by atoms with Gasteiger partial charge in [0.25, 0.3) is 0 Å². The maximum Gasteiger partial charge on any atom is 0.141 e. The Bertz CT molecular complexity index is 317. The quantitative estimate of drug-likeness (QED) is 0.847. The van der Waals surface area contributed by atoms with Crippen LogP contribution in [0, 0.1) is 11.7 Å². The first-order chi connectivity index (χ1) is 7.81. The number of pyridine rings is 1. The van der Waals surface area contributed by atoms with Crippen LogP contribution in [0.4, 0.5) is 4.39 Å². The molecule has 1 atom stereocenters. The molecule has 2 nitrogen and oxygen atoms in total.